The van der Waals surface area contributed by atoms with Gasteiger partial charge in [0.05, 0.1) is 19.3 Å². The number of anilines is 1. The molecule has 0 saturated heterocycles. The number of carbonyl (C=O) groups excluding carboxylic acids is 1. The van der Waals surface area contributed by atoms with E-state index < -0.39 is 0 Å². The first-order valence-electron chi connectivity index (χ1n) is 8.65. The van der Waals surface area contributed by atoms with Gasteiger partial charge in [0.2, 0.25) is 0 Å². The van der Waals surface area contributed by atoms with Crippen LogP contribution in [0.4, 0.5) is 5.69 Å². The molecule has 1 unspecified atom stereocenters. The molecule has 0 aliphatic carbocycles. The second-order valence-corrected chi connectivity index (χ2v) is 5.94. The Morgan fingerprint density at radius 2 is 1.88 bits per heavy atom. The molecule has 0 fully saturated rings. The van der Waals surface area contributed by atoms with Gasteiger partial charge in [-0.25, -0.2) is 0 Å². The minimum absolute atomic E-state index is 0.0197. The van der Waals surface area contributed by atoms with Gasteiger partial charge in [-0.3, -0.25) is 4.79 Å². The standard InChI is InChI=1S/C20H24N2O4/c1-4-22-19(21-16-8-6-5-7-15(16)20(22)23)14-9-10-17(18(13-14)25-3)26-12-11-24-2/h5-10,13,19,21H,4,11-12H2,1-3H3. The van der Waals surface area contributed by atoms with Gasteiger partial charge in [-0.05, 0) is 36.8 Å². The molecule has 3 rings (SSSR count). The van der Waals surface area contributed by atoms with Crippen LogP contribution in [0, 0.1) is 0 Å². The molecular formula is C20H24N2O4. The molecule has 1 amide bonds. The Morgan fingerprint density at radius 3 is 2.62 bits per heavy atom. The zero-order chi connectivity index (χ0) is 18.5. The molecule has 1 aliphatic rings. The lowest BCUT2D eigenvalue weighted by Gasteiger charge is -2.37. The predicted molar refractivity (Wildman–Crippen MR) is 99.9 cm³/mol. The van der Waals surface area contributed by atoms with E-state index in [9.17, 15) is 4.79 Å². The highest BCUT2D eigenvalue weighted by atomic mass is 16.5. The molecule has 0 saturated carbocycles. The lowest BCUT2D eigenvalue weighted by molar-refractivity contribution is 0.0694. The van der Waals surface area contributed by atoms with E-state index in [4.69, 9.17) is 14.2 Å². The van der Waals surface area contributed by atoms with Crippen molar-refractivity contribution in [3.63, 3.8) is 0 Å². The van der Waals surface area contributed by atoms with Gasteiger partial charge in [0.1, 0.15) is 12.8 Å². The van der Waals surface area contributed by atoms with Gasteiger partial charge >= 0.3 is 0 Å². The number of benzene rings is 2. The molecule has 0 radical (unpaired) electrons. The Kier molecular flexibility index (Phi) is 5.63. The fourth-order valence-electron chi connectivity index (χ4n) is 3.09. The molecule has 0 aromatic heterocycles. The van der Waals surface area contributed by atoms with Gasteiger partial charge in [0.25, 0.3) is 5.91 Å². The fraction of sp³-hybridized carbons (Fsp3) is 0.350. The summed E-state index contributed by atoms with van der Waals surface area (Å²) >= 11 is 0. The van der Waals surface area contributed by atoms with Crippen LogP contribution in [-0.2, 0) is 4.74 Å². The van der Waals surface area contributed by atoms with Crippen LogP contribution in [0.5, 0.6) is 11.5 Å². The maximum Gasteiger partial charge on any atom is 0.257 e. The van der Waals surface area contributed by atoms with Crippen molar-refractivity contribution in [2.75, 3.05) is 39.3 Å². The summed E-state index contributed by atoms with van der Waals surface area (Å²) in [6, 6.07) is 13.3. The Bertz CT molecular complexity index is 778. The van der Waals surface area contributed by atoms with Gasteiger partial charge < -0.3 is 24.4 Å². The number of rotatable bonds is 7. The van der Waals surface area contributed by atoms with Crippen molar-refractivity contribution < 1.29 is 19.0 Å². The van der Waals surface area contributed by atoms with Crippen LogP contribution < -0.4 is 14.8 Å². The summed E-state index contributed by atoms with van der Waals surface area (Å²) in [5, 5.41) is 3.46. The van der Waals surface area contributed by atoms with Crippen molar-refractivity contribution >= 4 is 11.6 Å². The SMILES string of the molecule is CCN1C(=O)c2ccccc2NC1c1ccc(OCCOC)c(OC)c1. The van der Waals surface area contributed by atoms with E-state index in [-0.39, 0.29) is 12.1 Å². The van der Waals surface area contributed by atoms with E-state index in [0.29, 0.717) is 36.8 Å². The average molecular weight is 356 g/mol. The molecule has 6 heteroatoms. The van der Waals surface area contributed by atoms with Crippen molar-refractivity contribution in [2.24, 2.45) is 0 Å². The zero-order valence-electron chi connectivity index (χ0n) is 15.3. The summed E-state index contributed by atoms with van der Waals surface area (Å²) in [5.41, 5.74) is 2.47. The summed E-state index contributed by atoms with van der Waals surface area (Å²) in [6.07, 6.45) is -0.260. The van der Waals surface area contributed by atoms with Crippen molar-refractivity contribution in [1.82, 2.24) is 4.90 Å². The molecular weight excluding hydrogens is 332 g/mol. The first-order valence-corrected chi connectivity index (χ1v) is 8.65. The highest BCUT2D eigenvalue weighted by Crippen LogP contribution is 2.36. The van der Waals surface area contributed by atoms with Crippen LogP contribution in [-0.4, -0.2) is 44.8 Å². The van der Waals surface area contributed by atoms with Crippen LogP contribution in [0.2, 0.25) is 0 Å². The number of nitrogens with one attached hydrogen (secondary N) is 1. The molecule has 6 nitrogen and oxygen atoms in total. The van der Waals surface area contributed by atoms with E-state index >= 15 is 0 Å². The average Bonchev–Trinajstić information content (AvgIpc) is 2.68. The molecule has 1 heterocycles. The molecule has 1 aliphatic heterocycles. The topological polar surface area (TPSA) is 60.0 Å². The van der Waals surface area contributed by atoms with Gasteiger partial charge in [-0.1, -0.05) is 18.2 Å². The van der Waals surface area contributed by atoms with Crippen LogP contribution >= 0.6 is 0 Å². The summed E-state index contributed by atoms with van der Waals surface area (Å²) in [6.45, 7) is 3.52. The molecule has 2 aromatic rings. The highest BCUT2D eigenvalue weighted by molar-refractivity contribution is 6.01. The highest BCUT2D eigenvalue weighted by Gasteiger charge is 2.32. The first-order chi connectivity index (χ1) is 12.7. The van der Waals surface area contributed by atoms with Crippen molar-refractivity contribution in [3.05, 3.63) is 53.6 Å². The van der Waals surface area contributed by atoms with Gasteiger partial charge in [-0.15, -0.1) is 0 Å². The minimum Gasteiger partial charge on any atom is -0.493 e. The van der Waals surface area contributed by atoms with Crippen LogP contribution in [0.15, 0.2) is 42.5 Å². The number of methoxy groups -OCH3 is 2. The number of ether oxygens (including phenoxy) is 3. The Labute approximate surface area is 153 Å². The Balaban J connectivity index is 1.91. The monoisotopic (exact) mass is 356 g/mol. The molecule has 0 spiro atoms. The number of amides is 1. The van der Waals surface area contributed by atoms with E-state index in [1.54, 1.807) is 14.2 Å². The summed E-state index contributed by atoms with van der Waals surface area (Å²) in [7, 11) is 3.24. The lowest BCUT2D eigenvalue weighted by atomic mass is 10.0. The quantitative estimate of drug-likeness (QED) is 0.772. The van der Waals surface area contributed by atoms with E-state index in [1.165, 1.54) is 0 Å². The maximum absolute atomic E-state index is 12.8. The number of para-hydroxylation sites is 1. The summed E-state index contributed by atoms with van der Waals surface area (Å²) < 4.78 is 16.2. The molecule has 1 N–H and O–H groups in total. The van der Waals surface area contributed by atoms with Gasteiger partial charge in [0.15, 0.2) is 11.5 Å². The fourth-order valence-corrected chi connectivity index (χ4v) is 3.09. The van der Waals surface area contributed by atoms with E-state index in [1.807, 2.05) is 54.3 Å². The normalized spacial score (nSPS) is 16.0. The molecule has 0 bridgehead atoms. The van der Waals surface area contributed by atoms with E-state index in [0.717, 1.165) is 11.3 Å². The largest absolute Gasteiger partial charge is 0.493 e. The summed E-state index contributed by atoms with van der Waals surface area (Å²) in [5.74, 6) is 1.30. The maximum atomic E-state index is 12.8. The van der Waals surface area contributed by atoms with Gasteiger partial charge in [-0.2, -0.15) is 0 Å². The van der Waals surface area contributed by atoms with Crippen LogP contribution in [0.25, 0.3) is 0 Å². The first kappa shape index (κ1) is 18.1. The zero-order valence-corrected chi connectivity index (χ0v) is 15.3. The number of hydrogen-bond acceptors (Lipinski definition) is 5. The number of fused-ring (bicyclic) bond motifs is 1. The third kappa shape index (κ3) is 3.46. The number of hydrogen-bond donors (Lipinski definition) is 1. The Hall–Kier alpha value is -2.73. The molecule has 138 valence electrons. The molecule has 1 atom stereocenters. The second kappa shape index (κ2) is 8.10. The summed E-state index contributed by atoms with van der Waals surface area (Å²) in [4.78, 5) is 14.7. The Morgan fingerprint density at radius 1 is 1.08 bits per heavy atom. The second-order valence-electron chi connectivity index (χ2n) is 5.94. The lowest BCUT2D eigenvalue weighted by Crippen LogP contribution is -2.42. The van der Waals surface area contributed by atoms with Crippen molar-refractivity contribution in [3.8, 4) is 11.5 Å². The number of nitrogens with zero attached hydrogens (tertiary/aromatic N) is 1. The molecule has 2 aromatic carbocycles. The van der Waals surface area contributed by atoms with Crippen LogP contribution in [0.3, 0.4) is 0 Å². The number of carbonyl (C=O) groups is 1. The van der Waals surface area contributed by atoms with E-state index in [2.05, 4.69) is 5.32 Å². The third-order valence-electron chi connectivity index (χ3n) is 4.41. The van der Waals surface area contributed by atoms with Gasteiger partial charge in [0, 0.05) is 19.3 Å². The molecule has 26 heavy (non-hydrogen) atoms. The van der Waals surface area contributed by atoms with Crippen molar-refractivity contribution in [2.45, 2.75) is 13.1 Å². The smallest absolute Gasteiger partial charge is 0.257 e. The third-order valence-corrected chi connectivity index (χ3v) is 4.41. The van der Waals surface area contributed by atoms with Crippen LogP contribution in [0.1, 0.15) is 29.0 Å². The minimum atomic E-state index is -0.260. The predicted octanol–water partition coefficient (Wildman–Crippen LogP) is 3.31. The van der Waals surface area contributed by atoms with Crippen molar-refractivity contribution in [1.29, 1.82) is 0 Å².